The first-order valence-electron chi connectivity index (χ1n) is 5.90. The van der Waals surface area contributed by atoms with Crippen molar-refractivity contribution in [3.63, 3.8) is 0 Å². The molecule has 0 heterocycles. The van der Waals surface area contributed by atoms with Crippen molar-refractivity contribution in [3.8, 4) is 0 Å². The molecule has 0 atom stereocenters. The Balaban J connectivity index is 2.26. The van der Waals surface area contributed by atoms with E-state index in [9.17, 15) is 14.9 Å². The van der Waals surface area contributed by atoms with E-state index in [1.165, 1.54) is 12.1 Å². The number of nitrogens with one attached hydrogen (secondary N) is 1. The standard InChI is InChI=1S/C14H10BrClN2O3/c1-8-7-9(5-6-12(8)18(20)21)17-14(19)10-3-2-4-11(15)13(10)16/h2-7H,1H3,(H,17,19). The molecule has 108 valence electrons. The number of hydrogen-bond donors (Lipinski definition) is 1. The first kappa shape index (κ1) is 15.5. The predicted octanol–water partition coefficient (Wildman–Crippen LogP) is 4.57. The number of amides is 1. The fourth-order valence-electron chi connectivity index (χ4n) is 1.82. The Bertz CT molecular complexity index is 734. The highest BCUT2D eigenvalue weighted by atomic mass is 79.9. The number of anilines is 1. The predicted molar refractivity (Wildman–Crippen MR) is 84.9 cm³/mol. The molecule has 0 radical (unpaired) electrons. The fraction of sp³-hybridized carbons (Fsp3) is 0.0714. The zero-order valence-corrected chi connectivity index (χ0v) is 13.2. The lowest BCUT2D eigenvalue weighted by molar-refractivity contribution is -0.385. The van der Waals surface area contributed by atoms with Crippen LogP contribution in [-0.2, 0) is 0 Å². The van der Waals surface area contributed by atoms with Crippen molar-refractivity contribution in [2.24, 2.45) is 0 Å². The number of rotatable bonds is 3. The minimum Gasteiger partial charge on any atom is -0.322 e. The highest BCUT2D eigenvalue weighted by Crippen LogP contribution is 2.27. The summed E-state index contributed by atoms with van der Waals surface area (Å²) in [6.45, 7) is 1.61. The summed E-state index contributed by atoms with van der Waals surface area (Å²) >= 11 is 9.31. The van der Waals surface area contributed by atoms with Crippen molar-refractivity contribution < 1.29 is 9.72 Å². The Morgan fingerprint density at radius 3 is 2.67 bits per heavy atom. The number of benzene rings is 2. The number of nitro benzene ring substituents is 1. The lowest BCUT2D eigenvalue weighted by Crippen LogP contribution is -2.12. The molecular formula is C14H10BrClN2O3. The van der Waals surface area contributed by atoms with Gasteiger partial charge in [-0.15, -0.1) is 0 Å². The summed E-state index contributed by atoms with van der Waals surface area (Å²) in [6.07, 6.45) is 0. The molecule has 2 aromatic rings. The molecule has 1 amide bonds. The first-order chi connectivity index (χ1) is 9.90. The molecule has 2 aromatic carbocycles. The number of aryl methyl sites for hydroxylation is 1. The molecule has 0 aromatic heterocycles. The molecule has 1 N–H and O–H groups in total. The van der Waals surface area contributed by atoms with Gasteiger partial charge in [-0.2, -0.15) is 0 Å². The Morgan fingerprint density at radius 2 is 2.05 bits per heavy atom. The molecule has 0 spiro atoms. The van der Waals surface area contributed by atoms with Crippen LogP contribution in [0, 0.1) is 17.0 Å². The van der Waals surface area contributed by atoms with E-state index in [-0.39, 0.29) is 11.6 Å². The Morgan fingerprint density at radius 1 is 1.33 bits per heavy atom. The summed E-state index contributed by atoms with van der Waals surface area (Å²) in [6, 6.07) is 9.41. The third kappa shape index (κ3) is 3.40. The topological polar surface area (TPSA) is 72.2 Å². The quantitative estimate of drug-likeness (QED) is 0.636. The minimum absolute atomic E-state index is 0.00786. The zero-order chi connectivity index (χ0) is 15.6. The molecule has 0 aliphatic heterocycles. The lowest BCUT2D eigenvalue weighted by atomic mass is 10.1. The number of carbonyl (C=O) groups is 1. The van der Waals surface area contributed by atoms with Gasteiger partial charge in [-0.25, -0.2) is 0 Å². The van der Waals surface area contributed by atoms with Gasteiger partial charge in [0.25, 0.3) is 11.6 Å². The minimum atomic E-state index is -0.466. The van der Waals surface area contributed by atoms with Gasteiger partial charge in [0.1, 0.15) is 0 Å². The number of nitro groups is 1. The first-order valence-corrected chi connectivity index (χ1v) is 7.07. The molecule has 0 saturated carbocycles. The van der Waals surface area contributed by atoms with Crippen molar-refractivity contribution in [2.75, 3.05) is 5.32 Å². The van der Waals surface area contributed by atoms with E-state index in [0.29, 0.717) is 26.3 Å². The summed E-state index contributed by atoms with van der Waals surface area (Å²) < 4.78 is 0.622. The van der Waals surface area contributed by atoms with Gasteiger partial charge in [0, 0.05) is 21.8 Å². The molecule has 0 saturated heterocycles. The molecule has 7 heteroatoms. The van der Waals surface area contributed by atoms with Gasteiger partial charge in [0.2, 0.25) is 0 Å². The Labute approximate surface area is 134 Å². The molecule has 21 heavy (non-hydrogen) atoms. The van der Waals surface area contributed by atoms with Gasteiger partial charge in [0.05, 0.1) is 15.5 Å². The van der Waals surface area contributed by atoms with Crippen molar-refractivity contribution in [1.82, 2.24) is 0 Å². The maximum absolute atomic E-state index is 12.2. The molecule has 5 nitrogen and oxygen atoms in total. The molecule has 0 fully saturated rings. The van der Waals surface area contributed by atoms with Crippen LogP contribution in [0.25, 0.3) is 0 Å². The highest BCUT2D eigenvalue weighted by molar-refractivity contribution is 9.10. The third-order valence-corrected chi connectivity index (χ3v) is 4.14. The smallest absolute Gasteiger partial charge is 0.272 e. The lowest BCUT2D eigenvalue weighted by Gasteiger charge is -2.08. The number of carbonyl (C=O) groups excluding carboxylic acids is 1. The van der Waals surface area contributed by atoms with Gasteiger partial charge in [0.15, 0.2) is 0 Å². The second-order valence-corrected chi connectivity index (χ2v) is 5.55. The highest BCUT2D eigenvalue weighted by Gasteiger charge is 2.15. The molecule has 2 rings (SSSR count). The van der Waals surface area contributed by atoms with Crippen LogP contribution in [0.3, 0.4) is 0 Å². The maximum atomic E-state index is 12.2. The van der Waals surface area contributed by atoms with E-state index >= 15 is 0 Å². The van der Waals surface area contributed by atoms with Crippen LogP contribution in [0.5, 0.6) is 0 Å². The van der Waals surface area contributed by atoms with E-state index in [1.54, 1.807) is 31.2 Å². The number of halogens is 2. The van der Waals surface area contributed by atoms with Gasteiger partial charge in [-0.05, 0) is 47.1 Å². The summed E-state index contributed by atoms with van der Waals surface area (Å²) in [4.78, 5) is 22.5. The van der Waals surface area contributed by atoms with E-state index in [4.69, 9.17) is 11.6 Å². The summed E-state index contributed by atoms with van der Waals surface area (Å²) in [5.41, 5.74) is 1.27. The van der Waals surface area contributed by atoms with Gasteiger partial charge >= 0.3 is 0 Å². The molecule has 0 aliphatic carbocycles. The van der Waals surface area contributed by atoms with Crippen molar-refractivity contribution in [3.05, 3.63) is 67.1 Å². The normalized spacial score (nSPS) is 10.2. The second-order valence-electron chi connectivity index (χ2n) is 4.31. The van der Waals surface area contributed by atoms with Gasteiger partial charge < -0.3 is 5.32 Å². The van der Waals surface area contributed by atoms with E-state index < -0.39 is 4.92 Å². The van der Waals surface area contributed by atoms with E-state index in [2.05, 4.69) is 21.2 Å². The van der Waals surface area contributed by atoms with Crippen LogP contribution in [0.1, 0.15) is 15.9 Å². The van der Waals surface area contributed by atoms with Crippen LogP contribution in [0.4, 0.5) is 11.4 Å². The van der Waals surface area contributed by atoms with Gasteiger partial charge in [-0.1, -0.05) is 17.7 Å². The molecule has 0 bridgehead atoms. The largest absolute Gasteiger partial charge is 0.322 e. The van der Waals surface area contributed by atoms with Crippen LogP contribution >= 0.6 is 27.5 Å². The molecule has 0 unspecified atom stereocenters. The average Bonchev–Trinajstić information content (AvgIpc) is 2.41. The number of nitrogens with zero attached hydrogens (tertiary/aromatic N) is 1. The second kappa shape index (κ2) is 6.24. The Kier molecular flexibility index (Phi) is 4.59. The summed E-state index contributed by atoms with van der Waals surface area (Å²) in [7, 11) is 0. The van der Waals surface area contributed by atoms with Crippen LogP contribution in [0.15, 0.2) is 40.9 Å². The van der Waals surface area contributed by atoms with Crippen LogP contribution < -0.4 is 5.32 Å². The van der Waals surface area contributed by atoms with Crippen molar-refractivity contribution >= 4 is 44.8 Å². The maximum Gasteiger partial charge on any atom is 0.272 e. The van der Waals surface area contributed by atoms with Crippen LogP contribution in [-0.4, -0.2) is 10.8 Å². The third-order valence-electron chi connectivity index (χ3n) is 2.85. The van der Waals surface area contributed by atoms with E-state index in [1.807, 2.05) is 0 Å². The van der Waals surface area contributed by atoms with Gasteiger partial charge in [-0.3, -0.25) is 14.9 Å². The summed E-state index contributed by atoms with van der Waals surface area (Å²) in [5, 5.41) is 13.7. The fourth-order valence-corrected chi connectivity index (χ4v) is 2.39. The van der Waals surface area contributed by atoms with Crippen molar-refractivity contribution in [1.29, 1.82) is 0 Å². The average molecular weight is 370 g/mol. The monoisotopic (exact) mass is 368 g/mol. The van der Waals surface area contributed by atoms with Crippen molar-refractivity contribution in [2.45, 2.75) is 6.92 Å². The van der Waals surface area contributed by atoms with Crippen LogP contribution in [0.2, 0.25) is 5.02 Å². The van der Waals surface area contributed by atoms with E-state index in [0.717, 1.165) is 0 Å². The Hall–Kier alpha value is -1.92. The SMILES string of the molecule is Cc1cc(NC(=O)c2cccc(Br)c2Cl)ccc1[N+](=O)[O-]. The molecular weight excluding hydrogens is 360 g/mol. The zero-order valence-electron chi connectivity index (χ0n) is 10.9. The number of hydrogen-bond acceptors (Lipinski definition) is 3. The summed E-state index contributed by atoms with van der Waals surface area (Å²) in [5.74, 6) is -0.380. The molecule has 0 aliphatic rings.